The molecule has 2 aromatic rings. The summed E-state index contributed by atoms with van der Waals surface area (Å²) < 4.78 is 0. The summed E-state index contributed by atoms with van der Waals surface area (Å²) in [6.45, 7) is 0. The summed E-state index contributed by atoms with van der Waals surface area (Å²) in [5.74, 6) is 4.09. The van der Waals surface area contributed by atoms with Gasteiger partial charge in [-0.25, -0.2) is 0 Å². The quantitative estimate of drug-likeness (QED) is 0.828. The number of carbonyl (C=O) groups is 1. The lowest BCUT2D eigenvalue weighted by Crippen LogP contribution is -2.81. The Morgan fingerprint density at radius 2 is 1.39 bits per heavy atom. The van der Waals surface area contributed by atoms with Gasteiger partial charge in [0.15, 0.2) is 0 Å². The average molecular weight is 298 g/mol. The molecule has 6 unspecified atom stereocenters. The van der Waals surface area contributed by atoms with Crippen molar-refractivity contribution in [1.29, 1.82) is 0 Å². The molecule has 8 atom stereocenters. The molecule has 112 valence electrons. The fourth-order valence-electron chi connectivity index (χ4n) is 8.71. The first-order valence-electron chi connectivity index (χ1n) is 8.99. The molecule has 0 aliphatic heterocycles. The Balaban J connectivity index is 1.57. The van der Waals surface area contributed by atoms with E-state index in [2.05, 4.69) is 60.7 Å². The van der Waals surface area contributed by atoms with Crippen molar-refractivity contribution in [2.75, 3.05) is 0 Å². The Morgan fingerprint density at radius 1 is 0.783 bits per heavy atom. The van der Waals surface area contributed by atoms with Crippen molar-refractivity contribution in [2.24, 2.45) is 35.5 Å². The van der Waals surface area contributed by atoms with Crippen LogP contribution in [0.2, 0.25) is 0 Å². The molecule has 0 heterocycles. The molecule has 6 fully saturated rings. The van der Waals surface area contributed by atoms with E-state index in [9.17, 15) is 4.79 Å². The standard InChI is InChI=1S/C22H18O/c23-20-17-15-11-14-16(17)18-19(20)22(15,13-9-5-2-6-10-13)21(14,18)12-7-3-1-4-8-12/h1-10,14-19H,11H2/t14?,15?,16?,17?,18?,19?,21-,22+/m0/s1. The molecular formula is C22H18O. The molecule has 8 rings (SSSR count). The fraction of sp³-hybridized carbons (Fsp3) is 0.409. The van der Waals surface area contributed by atoms with E-state index in [0.29, 0.717) is 29.5 Å². The fourth-order valence-corrected chi connectivity index (χ4v) is 8.71. The van der Waals surface area contributed by atoms with Crippen molar-refractivity contribution in [3.8, 4) is 0 Å². The summed E-state index contributed by atoms with van der Waals surface area (Å²) in [4.78, 5) is 13.0. The van der Waals surface area contributed by atoms with Gasteiger partial charge >= 0.3 is 0 Å². The summed E-state index contributed by atoms with van der Waals surface area (Å²) in [5.41, 5.74) is 3.37. The first kappa shape index (κ1) is 11.6. The molecule has 23 heavy (non-hydrogen) atoms. The van der Waals surface area contributed by atoms with Crippen LogP contribution in [0.5, 0.6) is 0 Å². The Morgan fingerprint density at radius 3 is 2.04 bits per heavy atom. The van der Waals surface area contributed by atoms with Gasteiger partial charge in [-0.3, -0.25) is 4.79 Å². The molecule has 6 aliphatic rings. The van der Waals surface area contributed by atoms with Crippen LogP contribution in [-0.4, -0.2) is 5.78 Å². The Labute approximate surface area is 135 Å². The zero-order chi connectivity index (χ0) is 15.0. The van der Waals surface area contributed by atoms with Crippen molar-refractivity contribution < 1.29 is 4.79 Å². The van der Waals surface area contributed by atoms with E-state index >= 15 is 0 Å². The van der Waals surface area contributed by atoms with Crippen LogP contribution in [0.4, 0.5) is 0 Å². The number of rotatable bonds is 2. The summed E-state index contributed by atoms with van der Waals surface area (Å²) in [7, 11) is 0. The van der Waals surface area contributed by atoms with Crippen LogP contribution < -0.4 is 0 Å². The highest BCUT2D eigenvalue weighted by molar-refractivity contribution is 5.98. The zero-order valence-electron chi connectivity index (χ0n) is 12.9. The highest BCUT2D eigenvalue weighted by Gasteiger charge is 2.99. The van der Waals surface area contributed by atoms with Crippen molar-refractivity contribution in [2.45, 2.75) is 17.3 Å². The van der Waals surface area contributed by atoms with Crippen LogP contribution in [0.1, 0.15) is 17.5 Å². The average Bonchev–Trinajstić information content (AvgIpc) is 3.10. The monoisotopic (exact) mass is 298 g/mol. The lowest BCUT2D eigenvalue weighted by molar-refractivity contribution is -0.225. The van der Waals surface area contributed by atoms with Gasteiger partial charge in [0, 0.05) is 22.7 Å². The van der Waals surface area contributed by atoms with E-state index < -0.39 is 0 Å². The second kappa shape index (κ2) is 3.17. The van der Waals surface area contributed by atoms with E-state index in [4.69, 9.17) is 0 Å². The normalized spacial score (nSPS) is 52.6. The Hall–Kier alpha value is -1.89. The second-order valence-corrected chi connectivity index (χ2v) is 8.43. The molecule has 4 bridgehead atoms. The predicted molar refractivity (Wildman–Crippen MR) is 86.8 cm³/mol. The third-order valence-corrected chi connectivity index (χ3v) is 8.60. The van der Waals surface area contributed by atoms with E-state index in [1.165, 1.54) is 17.5 Å². The summed E-state index contributed by atoms with van der Waals surface area (Å²) in [5, 5.41) is 0. The summed E-state index contributed by atoms with van der Waals surface area (Å²) in [6, 6.07) is 22.2. The van der Waals surface area contributed by atoms with Crippen LogP contribution in [0.15, 0.2) is 60.7 Å². The maximum atomic E-state index is 13.0. The molecule has 6 aliphatic carbocycles. The molecule has 2 aromatic carbocycles. The lowest BCUT2D eigenvalue weighted by Gasteiger charge is -2.78. The van der Waals surface area contributed by atoms with Gasteiger partial charge in [-0.05, 0) is 41.2 Å². The van der Waals surface area contributed by atoms with E-state index in [-0.39, 0.29) is 10.8 Å². The van der Waals surface area contributed by atoms with Gasteiger partial charge in [0.25, 0.3) is 0 Å². The maximum absolute atomic E-state index is 13.0. The SMILES string of the molecule is O=C1C2C3C4CC2[C@]2(c5ccccc5)C1C3[C@]42c1ccccc1. The van der Waals surface area contributed by atoms with Crippen LogP contribution in [0, 0.1) is 35.5 Å². The van der Waals surface area contributed by atoms with E-state index in [0.717, 1.165) is 11.8 Å². The van der Waals surface area contributed by atoms with Gasteiger partial charge in [-0.15, -0.1) is 0 Å². The van der Waals surface area contributed by atoms with Gasteiger partial charge in [0.2, 0.25) is 0 Å². The number of hydrogen-bond acceptors (Lipinski definition) is 1. The molecule has 6 saturated carbocycles. The molecule has 0 amide bonds. The molecule has 0 N–H and O–H groups in total. The molecule has 0 saturated heterocycles. The maximum Gasteiger partial charge on any atom is 0.140 e. The van der Waals surface area contributed by atoms with E-state index in [1.54, 1.807) is 0 Å². The summed E-state index contributed by atoms with van der Waals surface area (Å²) >= 11 is 0. The van der Waals surface area contributed by atoms with Gasteiger partial charge in [-0.1, -0.05) is 60.7 Å². The van der Waals surface area contributed by atoms with Gasteiger partial charge in [0.1, 0.15) is 5.78 Å². The second-order valence-electron chi connectivity index (χ2n) is 8.43. The third-order valence-electron chi connectivity index (χ3n) is 8.60. The number of Topliss-reactive ketones (excluding diaryl/α,β-unsaturated/α-hetero) is 1. The molecule has 0 spiro atoms. The highest BCUT2D eigenvalue weighted by atomic mass is 16.1. The minimum absolute atomic E-state index is 0.126. The third kappa shape index (κ3) is 0.795. The first-order chi connectivity index (χ1) is 11.3. The first-order valence-corrected chi connectivity index (χ1v) is 8.99. The van der Waals surface area contributed by atoms with Gasteiger partial charge < -0.3 is 0 Å². The molecule has 1 nitrogen and oxygen atoms in total. The largest absolute Gasteiger partial charge is 0.299 e. The Bertz CT molecular complexity index is 871. The van der Waals surface area contributed by atoms with Crippen LogP contribution in [0.3, 0.4) is 0 Å². The number of benzene rings is 2. The number of ketones is 1. The lowest BCUT2D eigenvalue weighted by atomic mass is 9.23. The van der Waals surface area contributed by atoms with Crippen LogP contribution in [0.25, 0.3) is 0 Å². The number of hydrogen-bond donors (Lipinski definition) is 0. The van der Waals surface area contributed by atoms with Crippen molar-refractivity contribution >= 4 is 5.78 Å². The molecule has 0 aromatic heterocycles. The van der Waals surface area contributed by atoms with Crippen molar-refractivity contribution in [3.05, 3.63) is 71.8 Å². The Kier molecular flexibility index (Phi) is 1.60. The summed E-state index contributed by atoms with van der Waals surface area (Å²) in [6.07, 6.45) is 1.29. The molecular weight excluding hydrogens is 280 g/mol. The smallest absolute Gasteiger partial charge is 0.140 e. The van der Waals surface area contributed by atoms with Gasteiger partial charge in [-0.2, -0.15) is 0 Å². The molecule has 1 heteroatoms. The zero-order valence-corrected chi connectivity index (χ0v) is 12.9. The molecule has 0 radical (unpaired) electrons. The minimum atomic E-state index is 0.126. The van der Waals surface area contributed by atoms with E-state index in [1.807, 2.05) is 0 Å². The van der Waals surface area contributed by atoms with Crippen molar-refractivity contribution in [3.63, 3.8) is 0 Å². The highest BCUT2D eigenvalue weighted by Crippen LogP contribution is 2.97. The topological polar surface area (TPSA) is 17.1 Å². The van der Waals surface area contributed by atoms with Crippen LogP contribution >= 0.6 is 0 Å². The van der Waals surface area contributed by atoms with Crippen LogP contribution in [-0.2, 0) is 15.6 Å². The van der Waals surface area contributed by atoms with Crippen molar-refractivity contribution in [1.82, 2.24) is 0 Å². The minimum Gasteiger partial charge on any atom is -0.299 e. The van der Waals surface area contributed by atoms with Gasteiger partial charge in [0.05, 0.1) is 0 Å². The number of carbonyl (C=O) groups excluding carboxylic acids is 1. The predicted octanol–water partition coefficient (Wildman–Crippen LogP) is 3.59.